The molecule has 2 heterocycles. The van der Waals surface area contributed by atoms with E-state index in [1.165, 1.54) is 23.1 Å². The molecule has 0 saturated heterocycles. The molecular formula is C14H17N3O4S. The highest BCUT2D eigenvalue weighted by Gasteiger charge is 2.24. The third-order valence-electron chi connectivity index (χ3n) is 3.04. The Kier molecular flexibility index (Phi) is 5.29. The minimum Gasteiger partial charge on any atom is -0.480 e. The van der Waals surface area contributed by atoms with Crippen LogP contribution in [0.5, 0.6) is 0 Å². The molecule has 2 aromatic heterocycles. The molecule has 8 heteroatoms. The molecule has 22 heavy (non-hydrogen) atoms. The van der Waals surface area contributed by atoms with Crippen molar-refractivity contribution >= 4 is 23.2 Å². The fourth-order valence-electron chi connectivity index (χ4n) is 1.98. The fraction of sp³-hybridized carbons (Fsp3) is 0.357. The molecule has 0 aliphatic carbocycles. The molecule has 0 aliphatic heterocycles. The van der Waals surface area contributed by atoms with Gasteiger partial charge in [0.1, 0.15) is 11.7 Å². The van der Waals surface area contributed by atoms with Gasteiger partial charge in [-0.05, 0) is 11.4 Å². The van der Waals surface area contributed by atoms with Gasteiger partial charge in [0.15, 0.2) is 0 Å². The van der Waals surface area contributed by atoms with Crippen LogP contribution in [0.2, 0.25) is 0 Å². The molecule has 2 rings (SSSR count). The summed E-state index contributed by atoms with van der Waals surface area (Å²) in [6, 6.07) is 2.74. The number of carbonyl (C=O) groups excluding carboxylic acids is 1. The predicted octanol–water partition coefficient (Wildman–Crippen LogP) is 1.37. The van der Waals surface area contributed by atoms with Crippen molar-refractivity contribution in [2.24, 2.45) is 7.05 Å². The first-order chi connectivity index (χ1) is 10.5. The number of aryl methyl sites for hydroxylation is 1. The predicted molar refractivity (Wildman–Crippen MR) is 81.9 cm³/mol. The zero-order chi connectivity index (χ0) is 16.1. The average Bonchev–Trinajstić information content (AvgIpc) is 3.11. The third kappa shape index (κ3) is 3.71. The third-order valence-corrected chi connectivity index (χ3v) is 3.92. The van der Waals surface area contributed by atoms with E-state index >= 15 is 0 Å². The van der Waals surface area contributed by atoms with Crippen LogP contribution in [0.25, 0.3) is 10.6 Å². The van der Waals surface area contributed by atoms with Crippen molar-refractivity contribution < 1.29 is 19.4 Å². The Balaban J connectivity index is 2.20. The summed E-state index contributed by atoms with van der Waals surface area (Å²) in [5.74, 6) is -1.55. The van der Waals surface area contributed by atoms with Gasteiger partial charge in [-0.3, -0.25) is 9.48 Å². The molecule has 1 atom stereocenters. The monoisotopic (exact) mass is 323 g/mol. The first-order valence-electron chi connectivity index (χ1n) is 6.63. The molecular weight excluding hydrogens is 306 g/mol. The summed E-state index contributed by atoms with van der Waals surface area (Å²) >= 11 is 1.47. The van der Waals surface area contributed by atoms with Crippen LogP contribution in [0.4, 0.5) is 0 Å². The van der Waals surface area contributed by atoms with Crippen molar-refractivity contribution in [3.8, 4) is 10.6 Å². The Morgan fingerprint density at radius 1 is 1.55 bits per heavy atom. The standard InChI is InChI=1S/C14H17N3O4S/c1-17-8-9(12(16-17)11-4-3-7-22-11)13(18)15-10(14(19)20)5-6-21-2/h3-4,7-8,10H,5-6H2,1-2H3,(H,15,18)(H,19,20). The quantitative estimate of drug-likeness (QED) is 0.802. The molecule has 0 radical (unpaired) electrons. The average molecular weight is 323 g/mol. The normalized spacial score (nSPS) is 12.1. The Morgan fingerprint density at radius 3 is 2.91 bits per heavy atom. The van der Waals surface area contributed by atoms with Gasteiger partial charge in [0.05, 0.1) is 10.4 Å². The van der Waals surface area contributed by atoms with E-state index in [-0.39, 0.29) is 13.0 Å². The molecule has 118 valence electrons. The molecule has 2 aromatic rings. The number of carbonyl (C=O) groups is 2. The van der Waals surface area contributed by atoms with Crippen molar-refractivity contribution in [1.82, 2.24) is 15.1 Å². The Morgan fingerprint density at radius 2 is 2.32 bits per heavy atom. The van der Waals surface area contributed by atoms with Crippen LogP contribution >= 0.6 is 11.3 Å². The number of nitrogens with zero attached hydrogens (tertiary/aromatic N) is 2. The Bertz CT molecular complexity index is 651. The minimum absolute atomic E-state index is 0.201. The fourth-order valence-corrected chi connectivity index (χ4v) is 2.70. The molecule has 0 spiro atoms. The summed E-state index contributed by atoms with van der Waals surface area (Å²) < 4.78 is 6.40. The summed E-state index contributed by atoms with van der Waals surface area (Å²) in [5, 5.41) is 17.9. The number of ether oxygens (including phenoxy) is 1. The number of carboxylic acids is 1. The Hall–Kier alpha value is -2.19. The van der Waals surface area contributed by atoms with E-state index in [1.54, 1.807) is 13.2 Å². The number of rotatable bonds is 7. The van der Waals surface area contributed by atoms with E-state index in [0.717, 1.165) is 4.88 Å². The highest BCUT2D eigenvalue weighted by molar-refractivity contribution is 7.13. The minimum atomic E-state index is -1.09. The maximum Gasteiger partial charge on any atom is 0.326 e. The molecule has 2 N–H and O–H groups in total. The van der Waals surface area contributed by atoms with E-state index < -0.39 is 17.9 Å². The number of nitrogens with one attached hydrogen (secondary N) is 1. The highest BCUT2D eigenvalue weighted by atomic mass is 32.1. The molecule has 1 amide bonds. The van der Waals surface area contributed by atoms with Crippen LogP contribution in [-0.4, -0.2) is 46.5 Å². The maximum absolute atomic E-state index is 12.4. The summed E-state index contributed by atoms with van der Waals surface area (Å²) in [6.45, 7) is 0.252. The van der Waals surface area contributed by atoms with Crippen molar-refractivity contribution in [1.29, 1.82) is 0 Å². The van der Waals surface area contributed by atoms with Gasteiger partial charge in [-0.15, -0.1) is 11.3 Å². The second-order valence-electron chi connectivity index (χ2n) is 4.69. The van der Waals surface area contributed by atoms with Gasteiger partial charge in [-0.1, -0.05) is 6.07 Å². The van der Waals surface area contributed by atoms with E-state index in [2.05, 4.69) is 10.4 Å². The molecule has 0 fully saturated rings. The first-order valence-corrected chi connectivity index (χ1v) is 7.51. The van der Waals surface area contributed by atoms with Crippen LogP contribution < -0.4 is 5.32 Å². The summed E-state index contributed by atoms with van der Waals surface area (Å²) in [6.07, 6.45) is 1.78. The van der Waals surface area contributed by atoms with Gasteiger partial charge in [0.2, 0.25) is 0 Å². The largest absolute Gasteiger partial charge is 0.480 e. The summed E-state index contributed by atoms with van der Waals surface area (Å²) in [5.41, 5.74) is 0.902. The van der Waals surface area contributed by atoms with Crippen LogP contribution in [0.1, 0.15) is 16.8 Å². The molecule has 7 nitrogen and oxygen atoms in total. The lowest BCUT2D eigenvalue weighted by atomic mass is 10.1. The van der Waals surface area contributed by atoms with Crippen molar-refractivity contribution in [2.75, 3.05) is 13.7 Å². The lowest BCUT2D eigenvalue weighted by Crippen LogP contribution is -2.41. The summed E-state index contributed by atoms with van der Waals surface area (Å²) in [7, 11) is 3.20. The molecule has 0 aromatic carbocycles. The van der Waals surface area contributed by atoms with Gasteiger partial charge in [-0.25, -0.2) is 4.79 Å². The van der Waals surface area contributed by atoms with Crippen LogP contribution in [-0.2, 0) is 16.6 Å². The topological polar surface area (TPSA) is 93.5 Å². The lowest BCUT2D eigenvalue weighted by Gasteiger charge is -2.13. The van der Waals surface area contributed by atoms with Gasteiger partial charge in [0, 0.05) is 33.4 Å². The smallest absolute Gasteiger partial charge is 0.326 e. The number of aliphatic carboxylic acids is 1. The van der Waals surface area contributed by atoms with Crippen molar-refractivity contribution in [2.45, 2.75) is 12.5 Å². The van der Waals surface area contributed by atoms with Crippen molar-refractivity contribution in [3.63, 3.8) is 0 Å². The number of hydrogen-bond donors (Lipinski definition) is 2. The maximum atomic E-state index is 12.4. The molecule has 0 aliphatic rings. The zero-order valence-corrected chi connectivity index (χ0v) is 13.1. The number of hydrogen-bond acceptors (Lipinski definition) is 5. The van der Waals surface area contributed by atoms with Gasteiger partial charge < -0.3 is 15.2 Å². The van der Waals surface area contributed by atoms with Crippen molar-refractivity contribution in [3.05, 3.63) is 29.3 Å². The van der Waals surface area contributed by atoms with E-state index in [9.17, 15) is 9.59 Å². The van der Waals surface area contributed by atoms with Crippen LogP contribution in [0.15, 0.2) is 23.7 Å². The zero-order valence-electron chi connectivity index (χ0n) is 12.3. The van der Waals surface area contributed by atoms with E-state index in [0.29, 0.717) is 11.3 Å². The lowest BCUT2D eigenvalue weighted by molar-refractivity contribution is -0.139. The van der Waals surface area contributed by atoms with E-state index in [4.69, 9.17) is 9.84 Å². The number of amides is 1. The summed E-state index contributed by atoms with van der Waals surface area (Å²) in [4.78, 5) is 24.4. The molecule has 1 unspecified atom stereocenters. The number of methoxy groups -OCH3 is 1. The molecule has 0 bridgehead atoms. The van der Waals surface area contributed by atoms with Gasteiger partial charge in [0.25, 0.3) is 5.91 Å². The second-order valence-corrected chi connectivity index (χ2v) is 5.64. The first kappa shape index (κ1) is 16.2. The second kappa shape index (κ2) is 7.19. The number of aromatic nitrogens is 2. The highest BCUT2D eigenvalue weighted by Crippen LogP contribution is 2.26. The SMILES string of the molecule is COCCC(NC(=O)c1cn(C)nc1-c1cccs1)C(=O)O. The van der Waals surface area contributed by atoms with Gasteiger partial charge >= 0.3 is 5.97 Å². The van der Waals surface area contributed by atoms with Crippen LogP contribution in [0, 0.1) is 0 Å². The van der Waals surface area contributed by atoms with E-state index in [1.807, 2.05) is 17.5 Å². The number of thiophene rings is 1. The van der Waals surface area contributed by atoms with Crippen LogP contribution in [0.3, 0.4) is 0 Å². The molecule has 0 saturated carbocycles. The number of carboxylic acid groups (broad SMARTS) is 1. The Labute approximate surface area is 131 Å². The van der Waals surface area contributed by atoms with Gasteiger partial charge in [-0.2, -0.15) is 5.10 Å².